The minimum atomic E-state index is -0.653. The number of aliphatic hydroxyl groups excluding tert-OH is 1. The van der Waals surface area contributed by atoms with E-state index in [1.54, 1.807) is 32.4 Å². The molecule has 12 heteroatoms. The van der Waals surface area contributed by atoms with Crippen LogP contribution in [0, 0.1) is 20.8 Å². The smallest absolute Gasteiger partial charge is 0.221 e. The first-order valence-corrected chi connectivity index (χ1v) is 12.9. The normalized spacial score (nSPS) is 13.5. The lowest BCUT2D eigenvalue weighted by atomic mass is 10.0. The van der Waals surface area contributed by atoms with E-state index in [1.165, 1.54) is 6.33 Å². The molecule has 1 atom stereocenters. The van der Waals surface area contributed by atoms with Crippen molar-refractivity contribution >= 4 is 17.4 Å². The summed E-state index contributed by atoms with van der Waals surface area (Å²) in [6.45, 7) is 7.33. The standard InChI is InChI=1S/C27H30ClN7O4/c1-14-24(23-15(2)34-39-16(23)3)32-25(19-8-18(6-7-21(19)28)38-12-17(36)9-29-4)33-26(14)35-10-20-22(11-35)30-13-31-27(20)37-5/h6-8,13,17,29,36H,9-12H2,1-5H3/t17-/m1/s1. The van der Waals surface area contributed by atoms with Crippen molar-refractivity contribution in [2.24, 2.45) is 0 Å². The Kier molecular flexibility index (Phi) is 7.65. The van der Waals surface area contributed by atoms with Crippen molar-refractivity contribution in [1.82, 2.24) is 30.4 Å². The zero-order chi connectivity index (χ0) is 27.7. The zero-order valence-corrected chi connectivity index (χ0v) is 23.2. The van der Waals surface area contributed by atoms with Crippen molar-refractivity contribution in [1.29, 1.82) is 0 Å². The first-order chi connectivity index (χ1) is 18.8. The minimum Gasteiger partial charge on any atom is -0.491 e. The molecule has 1 aliphatic heterocycles. The lowest BCUT2D eigenvalue weighted by Gasteiger charge is -2.22. The van der Waals surface area contributed by atoms with Gasteiger partial charge in [-0.3, -0.25) is 0 Å². The maximum atomic E-state index is 10.1. The summed E-state index contributed by atoms with van der Waals surface area (Å²) in [5.74, 6) is 2.90. The number of benzene rings is 1. The van der Waals surface area contributed by atoms with Crippen LogP contribution in [0.5, 0.6) is 11.6 Å². The van der Waals surface area contributed by atoms with E-state index >= 15 is 0 Å². The van der Waals surface area contributed by atoms with Crippen molar-refractivity contribution in [3.63, 3.8) is 0 Å². The number of fused-ring (bicyclic) bond motifs is 1. The summed E-state index contributed by atoms with van der Waals surface area (Å²) in [6, 6.07) is 5.28. The Morgan fingerprint density at radius 2 is 2.00 bits per heavy atom. The summed E-state index contributed by atoms with van der Waals surface area (Å²) in [5, 5.41) is 17.6. The van der Waals surface area contributed by atoms with Gasteiger partial charge in [0.2, 0.25) is 5.88 Å². The van der Waals surface area contributed by atoms with Gasteiger partial charge in [0.1, 0.15) is 36.4 Å². The SMILES string of the molecule is CNC[C@@H](O)COc1ccc(Cl)c(-c2nc(-c3c(C)noc3C)c(C)c(N3Cc4ncnc(OC)c4C3)n2)c1. The number of aryl methyl sites for hydroxylation is 2. The van der Waals surface area contributed by atoms with Crippen molar-refractivity contribution in [2.45, 2.75) is 40.0 Å². The number of anilines is 1. The Bertz CT molecular complexity index is 1490. The van der Waals surface area contributed by atoms with Gasteiger partial charge in [0, 0.05) is 17.7 Å². The zero-order valence-electron chi connectivity index (χ0n) is 22.4. The summed E-state index contributed by atoms with van der Waals surface area (Å²) < 4.78 is 16.8. The number of methoxy groups -OCH3 is 1. The third kappa shape index (κ3) is 5.25. The first-order valence-electron chi connectivity index (χ1n) is 12.5. The molecule has 0 fully saturated rings. The Morgan fingerprint density at radius 1 is 1.18 bits per heavy atom. The van der Waals surface area contributed by atoms with Crippen molar-refractivity contribution in [3.05, 3.63) is 57.8 Å². The largest absolute Gasteiger partial charge is 0.491 e. The molecule has 0 amide bonds. The Hall–Kier alpha value is -3.80. The molecule has 11 nitrogen and oxygen atoms in total. The molecule has 4 heterocycles. The van der Waals surface area contributed by atoms with E-state index in [0.29, 0.717) is 59.1 Å². The number of rotatable bonds is 9. The molecule has 39 heavy (non-hydrogen) atoms. The molecule has 0 radical (unpaired) electrons. The van der Waals surface area contributed by atoms with Crippen molar-refractivity contribution < 1.29 is 19.1 Å². The van der Waals surface area contributed by atoms with E-state index in [1.807, 2.05) is 20.8 Å². The Labute approximate surface area is 231 Å². The van der Waals surface area contributed by atoms with Crippen LogP contribution in [0.15, 0.2) is 29.0 Å². The Morgan fingerprint density at radius 3 is 2.72 bits per heavy atom. The van der Waals surface area contributed by atoms with Crippen LogP contribution in [0.2, 0.25) is 5.02 Å². The van der Waals surface area contributed by atoms with Gasteiger partial charge < -0.3 is 29.3 Å². The van der Waals surface area contributed by atoms with Gasteiger partial charge in [-0.1, -0.05) is 16.8 Å². The molecule has 2 N–H and O–H groups in total. The van der Waals surface area contributed by atoms with Crippen LogP contribution >= 0.6 is 11.6 Å². The molecule has 4 aromatic rings. The number of likely N-dealkylation sites (N-methyl/N-ethyl adjacent to an activating group) is 1. The molecular weight excluding hydrogens is 522 g/mol. The summed E-state index contributed by atoms with van der Waals surface area (Å²) >= 11 is 6.67. The minimum absolute atomic E-state index is 0.126. The topological polar surface area (TPSA) is 132 Å². The maximum absolute atomic E-state index is 10.1. The molecule has 1 aromatic carbocycles. The monoisotopic (exact) mass is 551 g/mol. The average Bonchev–Trinajstić information content (AvgIpc) is 3.51. The predicted octanol–water partition coefficient (Wildman–Crippen LogP) is 3.66. The van der Waals surface area contributed by atoms with Crippen LogP contribution in [0.4, 0.5) is 5.82 Å². The highest BCUT2D eigenvalue weighted by atomic mass is 35.5. The number of aliphatic hydroxyl groups is 1. The summed E-state index contributed by atoms with van der Waals surface area (Å²) in [7, 11) is 3.37. The van der Waals surface area contributed by atoms with Gasteiger partial charge in [-0.25, -0.2) is 19.9 Å². The van der Waals surface area contributed by atoms with E-state index in [0.717, 1.165) is 33.9 Å². The van der Waals surface area contributed by atoms with E-state index < -0.39 is 6.10 Å². The average molecular weight is 552 g/mol. The molecule has 0 saturated heterocycles. The molecule has 5 rings (SSSR count). The number of aromatic nitrogens is 5. The van der Waals surface area contributed by atoms with E-state index in [9.17, 15) is 5.11 Å². The third-order valence-electron chi connectivity index (χ3n) is 6.63. The van der Waals surface area contributed by atoms with Gasteiger partial charge in [0.25, 0.3) is 0 Å². The number of nitrogens with zero attached hydrogens (tertiary/aromatic N) is 6. The second-order valence-electron chi connectivity index (χ2n) is 9.37. The van der Waals surface area contributed by atoms with Crippen LogP contribution in [-0.2, 0) is 13.1 Å². The quantitative estimate of drug-likeness (QED) is 0.316. The molecule has 0 spiro atoms. The first kappa shape index (κ1) is 26.8. The third-order valence-corrected chi connectivity index (χ3v) is 6.96. The predicted molar refractivity (Wildman–Crippen MR) is 146 cm³/mol. The van der Waals surface area contributed by atoms with Crippen LogP contribution in [0.25, 0.3) is 22.6 Å². The second-order valence-corrected chi connectivity index (χ2v) is 9.78. The van der Waals surface area contributed by atoms with Gasteiger partial charge in [-0.15, -0.1) is 0 Å². The highest BCUT2D eigenvalue weighted by molar-refractivity contribution is 6.33. The second kappa shape index (κ2) is 11.1. The van der Waals surface area contributed by atoms with Crippen LogP contribution in [0.3, 0.4) is 0 Å². The van der Waals surface area contributed by atoms with Gasteiger partial charge in [0.05, 0.1) is 53.4 Å². The number of hydrogen-bond acceptors (Lipinski definition) is 11. The number of nitrogens with one attached hydrogen (secondary N) is 1. The van der Waals surface area contributed by atoms with Gasteiger partial charge in [0.15, 0.2) is 5.82 Å². The molecule has 1 aliphatic rings. The maximum Gasteiger partial charge on any atom is 0.221 e. The Balaban J connectivity index is 1.61. The lowest BCUT2D eigenvalue weighted by molar-refractivity contribution is 0.108. The number of halogens is 1. The van der Waals surface area contributed by atoms with E-state index in [4.69, 9.17) is 35.6 Å². The van der Waals surface area contributed by atoms with Gasteiger partial charge in [-0.2, -0.15) is 0 Å². The summed E-state index contributed by atoms with van der Waals surface area (Å²) in [4.78, 5) is 20.8. The summed E-state index contributed by atoms with van der Waals surface area (Å²) in [6.07, 6.45) is 0.854. The van der Waals surface area contributed by atoms with E-state index in [2.05, 4.69) is 25.3 Å². The highest BCUT2D eigenvalue weighted by Crippen LogP contribution is 2.39. The van der Waals surface area contributed by atoms with Crippen molar-refractivity contribution in [3.8, 4) is 34.3 Å². The fraction of sp³-hybridized carbons (Fsp3) is 0.370. The summed E-state index contributed by atoms with van der Waals surface area (Å²) in [5.41, 5.74) is 5.51. The highest BCUT2D eigenvalue weighted by Gasteiger charge is 2.29. The van der Waals surface area contributed by atoms with Gasteiger partial charge in [-0.05, 0) is 46.0 Å². The number of ether oxygens (including phenoxy) is 2. The molecule has 0 bridgehead atoms. The molecule has 0 unspecified atom stereocenters. The molecule has 0 saturated carbocycles. The lowest BCUT2D eigenvalue weighted by Crippen LogP contribution is -2.29. The van der Waals surface area contributed by atoms with Gasteiger partial charge >= 0.3 is 0 Å². The van der Waals surface area contributed by atoms with Crippen LogP contribution in [-0.4, -0.2) is 63.6 Å². The van der Waals surface area contributed by atoms with Crippen molar-refractivity contribution in [2.75, 3.05) is 32.2 Å². The van der Waals surface area contributed by atoms with E-state index in [-0.39, 0.29) is 6.61 Å². The molecule has 204 valence electrons. The fourth-order valence-electron chi connectivity index (χ4n) is 4.73. The number of hydrogen-bond donors (Lipinski definition) is 2. The molecule has 3 aromatic heterocycles. The van der Waals surface area contributed by atoms with Crippen LogP contribution in [0.1, 0.15) is 28.3 Å². The fourth-order valence-corrected chi connectivity index (χ4v) is 4.93. The molecular formula is C27H30ClN7O4. The molecule has 0 aliphatic carbocycles. The van der Waals surface area contributed by atoms with Crippen LogP contribution < -0.4 is 19.7 Å².